The van der Waals surface area contributed by atoms with Gasteiger partial charge in [0.15, 0.2) is 0 Å². The lowest BCUT2D eigenvalue weighted by atomic mass is 10.2. The Morgan fingerprint density at radius 1 is 1.29 bits per heavy atom. The van der Waals surface area contributed by atoms with Crippen LogP contribution in [-0.4, -0.2) is 54.3 Å². The van der Waals surface area contributed by atoms with E-state index in [1.54, 1.807) is 6.33 Å². The number of aryl methyl sites for hydroxylation is 1. The van der Waals surface area contributed by atoms with Crippen molar-refractivity contribution in [3.05, 3.63) is 28.6 Å². The fraction of sp³-hybridized carbons (Fsp3) is 0.467. The summed E-state index contributed by atoms with van der Waals surface area (Å²) in [4.78, 5) is 10.9. The van der Waals surface area contributed by atoms with Gasteiger partial charge in [0.2, 0.25) is 0 Å². The van der Waals surface area contributed by atoms with Crippen LogP contribution in [0.15, 0.2) is 22.9 Å². The summed E-state index contributed by atoms with van der Waals surface area (Å²) in [5, 5.41) is 1.02. The van der Waals surface area contributed by atoms with Crippen LogP contribution in [0.25, 0.3) is 10.9 Å². The van der Waals surface area contributed by atoms with Gasteiger partial charge in [0.1, 0.15) is 24.2 Å². The first-order valence-corrected chi connectivity index (χ1v) is 7.87. The lowest BCUT2D eigenvalue weighted by molar-refractivity contribution is 0.0323. The molecule has 1 fully saturated rings. The Morgan fingerprint density at radius 2 is 2.10 bits per heavy atom. The number of morpholine rings is 1. The van der Waals surface area contributed by atoms with Gasteiger partial charge in [-0.15, -0.1) is 0 Å². The monoisotopic (exact) mass is 351 g/mol. The highest BCUT2D eigenvalue weighted by Crippen LogP contribution is 2.29. The Kier molecular flexibility index (Phi) is 4.67. The third-order valence-electron chi connectivity index (χ3n) is 3.64. The molecule has 1 aliphatic heterocycles. The van der Waals surface area contributed by atoms with E-state index in [9.17, 15) is 0 Å². The average Bonchev–Trinajstić information content (AvgIpc) is 2.49. The van der Waals surface area contributed by atoms with E-state index in [1.807, 2.05) is 19.1 Å². The smallest absolute Gasteiger partial charge is 0.146 e. The maximum Gasteiger partial charge on any atom is 0.146 e. The van der Waals surface area contributed by atoms with Crippen LogP contribution >= 0.6 is 15.9 Å². The first kappa shape index (κ1) is 14.7. The number of ether oxygens (including phenoxy) is 2. The van der Waals surface area contributed by atoms with Gasteiger partial charge < -0.3 is 9.47 Å². The van der Waals surface area contributed by atoms with E-state index in [-0.39, 0.29) is 0 Å². The van der Waals surface area contributed by atoms with Crippen molar-refractivity contribution in [1.29, 1.82) is 0 Å². The highest BCUT2D eigenvalue weighted by atomic mass is 79.9. The van der Waals surface area contributed by atoms with Crippen LogP contribution in [0.1, 0.15) is 5.69 Å². The number of hydrogen-bond donors (Lipinski definition) is 0. The van der Waals surface area contributed by atoms with Gasteiger partial charge in [-0.05, 0) is 19.1 Å². The molecule has 6 heteroatoms. The fourth-order valence-corrected chi connectivity index (χ4v) is 2.88. The van der Waals surface area contributed by atoms with Gasteiger partial charge in [0, 0.05) is 35.2 Å². The predicted octanol–water partition coefficient (Wildman–Crippen LogP) is 2.41. The zero-order valence-corrected chi connectivity index (χ0v) is 13.6. The molecule has 2 heterocycles. The number of nitrogens with zero attached hydrogens (tertiary/aromatic N) is 3. The number of halogens is 1. The van der Waals surface area contributed by atoms with E-state index in [0.29, 0.717) is 6.61 Å². The SMILES string of the molecule is Cc1ncnc2c(OCCN3CCOCC3)cc(Br)cc12. The number of hydrogen-bond acceptors (Lipinski definition) is 5. The van der Waals surface area contributed by atoms with Crippen LogP contribution < -0.4 is 4.74 Å². The van der Waals surface area contributed by atoms with Gasteiger partial charge in [-0.25, -0.2) is 9.97 Å². The number of rotatable bonds is 4. The van der Waals surface area contributed by atoms with Crippen molar-refractivity contribution >= 4 is 26.8 Å². The molecule has 1 aliphatic rings. The molecule has 0 N–H and O–H groups in total. The summed E-state index contributed by atoms with van der Waals surface area (Å²) < 4.78 is 12.3. The van der Waals surface area contributed by atoms with Crippen molar-refractivity contribution in [2.45, 2.75) is 6.92 Å². The molecule has 0 spiro atoms. The Bertz CT molecular complexity index is 630. The van der Waals surface area contributed by atoms with Gasteiger partial charge in [0.05, 0.1) is 13.2 Å². The maximum atomic E-state index is 5.96. The summed E-state index contributed by atoms with van der Waals surface area (Å²) in [6.07, 6.45) is 1.58. The summed E-state index contributed by atoms with van der Waals surface area (Å²) in [5.74, 6) is 0.804. The second-order valence-electron chi connectivity index (χ2n) is 5.06. The van der Waals surface area contributed by atoms with Crippen LogP contribution in [-0.2, 0) is 4.74 Å². The summed E-state index contributed by atoms with van der Waals surface area (Å²) in [6.45, 7) is 7.11. The fourth-order valence-electron chi connectivity index (χ4n) is 2.45. The van der Waals surface area contributed by atoms with Crippen LogP contribution in [0.4, 0.5) is 0 Å². The summed E-state index contributed by atoms with van der Waals surface area (Å²) in [5.41, 5.74) is 1.83. The molecule has 3 rings (SSSR count). The second-order valence-corrected chi connectivity index (χ2v) is 5.98. The molecule has 0 unspecified atom stereocenters. The molecule has 0 aliphatic carbocycles. The average molecular weight is 352 g/mol. The molecule has 0 radical (unpaired) electrons. The van der Waals surface area contributed by atoms with Crippen LogP contribution in [0.5, 0.6) is 5.75 Å². The van der Waals surface area contributed by atoms with Gasteiger partial charge >= 0.3 is 0 Å². The first-order valence-electron chi connectivity index (χ1n) is 7.08. The molecular weight excluding hydrogens is 334 g/mol. The van der Waals surface area contributed by atoms with Crippen molar-refractivity contribution in [3.8, 4) is 5.75 Å². The van der Waals surface area contributed by atoms with Gasteiger partial charge in [-0.2, -0.15) is 0 Å². The third-order valence-corrected chi connectivity index (χ3v) is 4.09. The minimum atomic E-state index is 0.647. The van der Waals surface area contributed by atoms with Crippen LogP contribution in [0.2, 0.25) is 0 Å². The summed E-state index contributed by atoms with van der Waals surface area (Å²) >= 11 is 3.52. The van der Waals surface area contributed by atoms with E-state index in [2.05, 4.69) is 30.8 Å². The molecule has 2 aromatic rings. The molecule has 112 valence electrons. The van der Waals surface area contributed by atoms with Crippen LogP contribution in [0, 0.1) is 6.92 Å². The molecule has 1 saturated heterocycles. The van der Waals surface area contributed by atoms with E-state index in [0.717, 1.165) is 59.7 Å². The highest BCUT2D eigenvalue weighted by Gasteiger charge is 2.12. The molecule has 0 saturated carbocycles. The van der Waals surface area contributed by atoms with Gasteiger partial charge in [-0.1, -0.05) is 15.9 Å². The summed E-state index contributed by atoms with van der Waals surface area (Å²) in [6, 6.07) is 3.99. The minimum Gasteiger partial charge on any atom is -0.490 e. The third kappa shape index (κ3) is 3.51. The predicted molar refractivity (Wildman–Crippen MR) is 84.7 cm³/mol. The molecule has 5 nitrogen and oxygen atoms in total. The number of fused-ring (bicyclic) bond motifs is 1. The van der Waals surface area contributed by atoms with Crippen molar-refractivity contribution in [1.82, 2.24) is 14.9 Å². The topological polar surface area (TPSA) is 47.5 Å². The van der Waals surface area contributed by atoms with Gasteiger partial charge in [0.25, 0.3) is 0 Å². The lowest BCUT2D eigenvalue weighted by Gasteiger charge is -2.26. The number of benzene rings is 1. The quantitative estimate of drug-likeness (QED) is 0.846. The molecular formula is C15H18BrN3O2. The van der Waals surface area contributed by atoms with Crippen molar-refractivity contribution in [2.24, 2.45) is 0 Å². The summed E-state index contributed by atoms with van der Waals surface area (Å²) in [7, 11) is 0. The van der Waals surface area contributed by atoms with E-state index in [4.69, 9.17) is 9.47 Å². The Morgan fingerprint density at radius 3 is 2.90 bits per heavy atom. The standard InChI is InChI=1S/C15H18BrN3O2/c1-11-13-8-12(16)9-14(15(13)18-10-17-11)21-7-4-19-2-5-20-6-3-19/h8-10H,2-7H2,1H3. The largest absolute Gasteiger partial charge is 0.490 e. The molecule has 1 aromatic carbocycles. The minimum absolute atomic E-state index is 0.647. The zero-order chi connectivity index (χ0) is 14.7. The van der Waals surface area contributed by atoms with E-state index < -0.39 is 0 Å². The molecule has 21 heavy (non-hydrogen) atoms. The van der Waals surface area contributed by atoms with Crippen molar-refractivity contribution in [2.75, 3.05) is 39.5 Å². The van der Waals surface area contributed by atoms with E-state index >= 15 is 0 Å². The highest BCUT2D eigenvalue weighted by molar-refractivity contribution is 9.10. The second kappa shape index (κ2) is 6.68. The first-order chi connectivity index (χ1) is 10.2. The lowest BCUT2D eigenvalue weighted by Crippen LogP contribution is -2.38. The Hall–Kier alpha value is -1.24. The maximum absolute atomic E-state index is 5.96. The van der Waals surface area contributed by atoms with Crippen molar-refractivity contribution < 1.29 is 9.47 Å². The Labute approximate surface area is 132 Å². The van der Waals surface area contributed by atoms with Crippen LogP contribution in [0.3, 0.4) is 0 Å². The number of aromatic nitrogens is 2. The molecule has 0 atom stereocenters. The van der Waals surface area contributed by atoms with Crippen molar-refractivity contribution in [3.63, 3.8) is 0 Å². The molecule has 0 amide bonds. The normalized spacial score (nSPS) is 16.3. The Balaban J connectivity index is 1.72. The zero-order valence-electron chi connectivity index (χ0n) is 12.0. The molecule has 1 aromatic heterocycles. The molecule has 0 bridgehead atoms. The van der Waals surface area contributed by atoms with E-state index in [1.165, 1.54) is 0 Å². The van der Waals surface area contributed by atoms with Gasteiger partial charge in [-0.3, -0.25) is 4.90 Å².